The number of hydrogen-bond donors (Lipinski definition) is 0. The van der Waals surface area contributed by atoms with Crippen molar-refractivity contribution in [3.8, 4) is 16.9 Å². The summed E-state index contributed by atoms with van der Waals surface area (Å²) >= 11 is 0. The minimum Gasteiger partial charge on any atom is -0.406 e. The summed E-state index contributed by atoms with van der Waals surface area (Å²) in [5, 5.41) is 8.82. The number of alkyl halides is 3. The van der Waals surface area contributed by atoms with E-state index in [9.17, 15) is 13.2 Å². The number of anilines is 1. The van der Waals surface area contributed by atoms with Crippen molar-refractivity contribution in [2.75, 3.05) is 25.5 Å². The zero-order chi connectivity index (χ0) is 22.9. The van der Waals surface area contributed by atoms with E-state index in [0.717, 1.165) is 60.1 Å². The molecule has 32 heavy (non-hydrogen) atoms. The highest BCUT2D eigenvalue weighted by Gasteiger charge is 2.31. The van der Waals surface area contributed by atoms with Crippen molar-refractivity contribution in [1.82, 2.24) is 19.7 Å². The molecule has 0 atom stereocenters. The number of fused-ring (bicyclic) bond motifs is 1. The fourth-order valence-electron chi connectivity index (χ4n) is 4.14. The predicted molar refractivity (Wildman–Crippen MR) is 116 cm³/mol. The van der Waals surface area contributed by atoms with Crippen molar-refractivity contribution in [2.45, 2.75) is 39.3 Å². The Hall–Kier alpha value is -3.07. The molecule has 6 nitrogen and oxygen atoms in total. The molecule has 2 aromatic carbocycles. The summed E-state index contributed by atoms with van der Waals surface area (Å²) < 4.78 is 43.5. The molecule has 9 heteroatoms. The molecule has 4 rings (SSSR count). The van der Waals surface area contributed by atoms with Gasteiger partial charge in [-0.05, 0) is 62.3 Å². The number of rotatable bonds is 5. The third-order valence-corrected chi connectivity index (χ3v) is 5.55. The van der Waals surface area contributed by atoms with Crippen LogP contribution in [0.1, 0.15) is 23.6 Å². The molecular formula is C23H26F3N5O. The van der Waals surface area contributed by atoms with E-state index in [1.165, 1.54) is 12.1 Å². The van der Waals surface area contributed by atoms with Gasteiger partial charge in [0.05, 0.1) is 13.1 Å². The van der Waals surface area contributed by atoms with Gasteiger partial charge in [-0.3, -0.25) is 0 Å². The second-order valence-corrected chi connectivity index (χ2v) is 8.22. The van der Waals surface area contributed by atoms with Crippen molar-refractivity contribution in [3.05, 3.63) is 59.7 Å². The van der Waals surface area contributed by atoms with E-state index in [0.29, 0.717) is 6.54 Å². The average Bonchev–Trinajstić information content (AvgIpc) is 2.95. The second kappa shape index (κ2) is 8.82. The van der Waals surface area contributed by atoms with Crippen LogP contribution in [-0.2, 0) is 19.6 Å². The molecule has 2 heterocycles. The van der Waals surface area contributed by atoms with Crippen molar-refractivity contribution in [3.63, 3.8) is 0 Å². The number of halogens is 3. The molecule has 0 saturated carbocycles. The molecule has 3 aromatic rings. The average molecular weight is 445 g/mol. The Bertz CT molecular complexity index is 1080. The molecule has 0 fully saturated rings. The van der Waals surface area contributed by atoms with Gasteiger partial charge in [0, 0.05) is 18.8 Å². The van der Waals surface area contributed by atoms with Crippen LogP contribution >= 0.6 is 0 Å². The van der Waals surface area contributed by atoms with Crippen LogP contribution in [-0.4, -0.2) is 46.7 Å². The lowest BCUT2D eigenvalue weighted by atomic mass is 9.98. The zero-order valence-electron chi connectivity index (χ0n) is 18.4. The van der Waals surface area contributed by atoms with Gasteiger partial charge in [-0.1, -0.05) is 24.3 Å². The molecule has 0 unspecified atom stereocenters. The van der Waals surface area contributed by atoms with Crippen LogP contribution in [0.4, 0.5) is 18.9 Å². The summed E-state index contributed by atoms with van der Waals surface area (Å²) in [6.07, 6.45) is -3.73. The Kier molecular flexibility index (Phi) is 6.10. The van der Waals surface area contributed by atoms with E-state index in [4.69, 9.17) is 0 Å². The molecule has 0 spiro atoms. The first kappa shape index (κ1) is 22.1. The van der Waals surface area contributed by atoms with Gasteiger partial charge in [0.15, 0.2) is 5.82 Å². The fourth-order valence-corrected chi connectivity index (χ4v) is 4.14. The Morgan fingerprint density at radius 2 is 1.78 bits per heavy atom. The zero-order valence-corrected chi connectivity index (χ0v) is 18.4. The van der Waals surface area contributed by atoms with Crippen LogP contribution in [0.2, 0.25) is 0 Å². The number of benzene rings is 2. The van der Waals surface area contributed by atoms with Gasteiger partial charge in [0.2, 0.25) is 0 Å². The Morgan fingerprint density at radius 1 is 1.03 bits per heavy atom. The van der Waals surface area contributed by atoms with Gasteiger partial charge in [0.25, 0.3) is 0 Å². The van der Waals surface area contributed by atoms with Gasteiger partial charge in [-0.15, -0.1) is 23.4 Å². The van der Waals surface area contributed by atoms with Crippen LogP contribution in [0, 0.1) is 6.92 Å². The van der Waals surface area contributed by atoms with Crippen molar-refractivity contribution in [2.24, 2.45) is 0 Å². The van der Waals surface area contributed by atoms with Crippen LogP contribution in [0.3, 0.4) is 0 Å². The standard InChI is InChI=1S/C23H26F3N5O/c1-16-19(17-8-10-18(11-9-17)32-23(24,25)26)6-4-7-20(16)30-12-5-13-31-21(14-29(2)3)27-28-22(31)15-30/h4,6-11H,5,12-15H2,1-3H3. The molecule has 1 aliphatic heterocycles. The summed E-state index contributed by atoms with van der Waals surface area (Å²) in [6.45, 7) is 5.20. The highest BCUT2D eigenvalue weighted by atomic mass is 19.4. The van der Waals surface area contributed by atoms with Gasteiger partial charge in [-0.25, -0.2) is 0 Å². The molecule has 0 saturated heterocycles. The summed E-state index contributed by atoms with van der Waals surface area (Å²) in [5.41, 5.74) is 3.97. The van der Waals surface area contributed by atoms with Gasteiger partial charge in [0.1, 0.15) is 11.6 Å². The maximum absolute atomic E-state index is 12.4. The van der Waals surface area contributed by atoms with E-state index in [-0.39, 0.29) is 5.75 Å². The normalized spacial score (nSPS) is 14.4. The quantitative estimate of drug-likeness (QED) is 0.573. The number of nitrogens with zero attached hydrogens (tertiary/aromatic N) is 5. The molecule has 0 aliphatic carbocycles. The summed E-state index contributed by atoms with van der Waals surface area (Å²) in [4.78, 5) is 4.38. The first-order valence-electron chi connectivity index (χ1n) is 10.5. The number of ether oxygens (including phenoxy) is 1. The first-order chi connectivity index (χ1) is 15.2. The molecule has 1 aliphatic rings. The monoisotopic (exact) mass is 445 g/mol. The Balaban J connectivity index is 1.59. The van der Waals surface area contributed by atoms with E-state index in [1.54, 1.807) is 12.1 Å². The highest BCUT2D eigenvalue weighted by Crippen LogP contribution is 2.33. The molecule has 170 valence electrons. The fraction of sp³-hybridized carbons (Fsp3) is 0.391. The minimum atomic E-state index is -4.70. The first-order valence-corrected chi connectivity index (χ1v) is 10.5. The van der Waals surface area contributed by atoms with Gasteiger partial charge in [-0.2, -0.15) is 0 Å². The van der Waals surface area contributed by atoms with E-state index in [1.807, 2.05) is 33.2 Å². The lowest BCUT2D eigenvalue weighted by Crippen LogP contribution is -2.24. The Labute approximate surface area is 185 Å². The molecule has 0 radical (unpaired) electrons. The Morgan fingerprint density at radius 3 is 2.47 bits per heavy atom. The van der Waals surface area contributed by atoms with Gasteiger partial charge >= 0.3 is 6.36 Å². The third-order valence-electron chi connectivity index (χ3n) is 5.55. The van der Waals surface area contributed by atoms with Crippen molar-refractivity contribution in [1.29, 1.82) is 0 Å². The second-order valence-electron chi connectivity index (χ2n) is 8.22. The lowest BCUT2D eigenvalue weighted by molar-refractivity contribution is -0.274. The molecule has 0 N–H and O–H groups in total. The molecule has 0 bridgehead atoms. The van der Waals surface area contributed by atoms with Crippen LogP contribution in [0.5, 0.6) is 5.75 Å². The van der Waals surface area contributed by atoms with E-state index in [2.05, 4.69) is 35.4 Å². The highest BCUT2D eigenvalue weighted by molar-refractivity contribution is 5.74. The lowest BCUT2D eigenvalue weighted by Gasteiger charge is -2.25. The topological polar surface area (TPSA) is 46.4 Å². The van der Waals surface area contributed by atoms with Crippen LogP contribution in [0.25, 0.3) is 11.1 Å². The largest absolute Gasteiger partial charge is 0.573 e. The van der Waals surface area contributed by atoms with E-state index < -0.39 is 6.36 Å². The van der Waals surface area contributed by atoms with Crippen molar-refractivity contribution >= 4 is 5.69 Å². The summed E-state index contributed by atoms with van der Waals surface area (Å²) in [7, 11) is 4.03. The summed E-state index contributed by atoms with van der Waals surface area (Å²) in [5.74, 6) is 1.69. The molecule has 0 amide bonds. The van der Waals surface area contributed by atoms with Gasteiger partial charge < -0.3 is 19.1 Å². The maximum atomic E-state index is 12.4. The van der Waals surface area contributed by atoms with Crippen molar-refractivity contribution < 1.29 is 17.9 Å². The molecular weight excluding hydrogens is 419 g/mol. The smallest absolute Gasteiger partial charge is 0.406 e. The third kappa shape index (κ3) is 4.88. The SMILES string of the molecule is Cc1c(-c2ccc(OC(F)(F)F)cc2)cccc1N1CCCn2c(CN(C)C)nnc2C1. The molecule has 1 aromatic heterocycles. The predicted octanol–water partition coefficient (Wildman–Crippen LogP) is 4.62. The summed E-state index contributed by atoms with van der Waals surface area (Å²) in [6, 6.07) is 12.0. The van der Waals surface area contributed by atoms with Crippen LogP contribution < -0.4 is 9.64 Å². The minimum absolute atomic E-state index is 0.226. The number of aromatic nitrogens is 3. The maximum Gasteiger partial charge on any atom is 0.573 e. The number of hydrogen-bond acceptors (Lipinski definition) is 5. The van der Waals surface area contributed by atoms with E-state index >= 15 is 0 Å². The van der Waals surface area contributed by atoms with Crippen LogP contribution in [0.15, 0.2) is 42.5 Å².